The molecule has 0 spiro atoms. The van der Waals surface area contributed by atoms with E-state index in [1.165, 1.54) is 4.90 Å². The van der Waals surface area contributed by atoms with Crippen LogP contribution in [0.4, 0.5) is 5.69 Å². The Kier molecular flexibility index (Phi) is 3.22. The maximum Gasteiger partial charge on any atom is 0.265 e. The van der Waals surface area contributed by atoms with Crippen LogP contribution in [0, 0.1) is 11.3 Å². The van der Waals surface area contributed by atoms with Crippen molar-refractivity contribution in [3.05, 3.63) is 35.4 Å². The molecule has 1 fully saturated rings. The lowest BCUT2D eigenvalue weighted by Crippen LogP contribution is -2.30. The summed E-state index contributed by atoms with van der Waals surface area (Å²) >= 11 is 0. The van der Waals surface area contributed by atoms with Crippen molar-refractivity contribution in [2.24, 2.45) is 0 Å². The number of fused-ring (bicyclic) bond motifs is 1. The van der Waals surface area contributed by atoms with Crippen molar-refractivity contribution in [3.8, 4) is 6.07 Å². The first-order valence-electron chi connectivity index (χ1n) is 6.96. The van der Waals surface area contributed by atoms with Gasteiger partial charge in [-0.15, -0.1) is 0 Å². The minimum atomic E-state index is -0.330. The van der Waals surface area contributed by atoms with E-state index in [1.54, 1.807) is 24.1 Å². The van der Waals surface area contributed by atoms with Crippen molar-refractivity contribution in [1.29, 1.82) is 5.26 Å². The maximum atomic E-state index is 12.5. The monoisotopic (exact) mass is 281 g/mol. The maximum absolute atomic E-state index is 12.5. The topological polar surface area (TPSA) is 64.4 Å². The number of hydrogen-bond donors (Lipinski definition) is 0. The minimum Gasteiger partial charge on any atom is -0.338 e. The van der Waals surface area contributed by atoms with Crippen LogP contribution in [0.5, 0.6) is 0 Å². The predicted octanol–water partition coefficient (Wildman–Crippen LogP) is 1.56. The number of para-hydroxylation sites is 1. The van der Waals surface area contributed by atoms with Gasteiger partial charge in [-0.3, -0.25) is 9.59 Å². The van der Waals surface area contributed by atoms with Gasteiger partial charge < -0.3 is 9.80 Å². The van der Waals surface area contributed by atoms with Gasteiger partial charge in [-0.05, 0) is 18.9 Å². The predicted molar refractivity (Wildman–Crippen MR) is 78.2 cm³/mol. The van der Waals surface area contributed by atoms with Gasteiger partial charge in [0.1, 0.15) is 11.6 Å². The Hall–Kier alpha value is -2.61. The van der Waals surface area contributed by atoms with Crippen LogP contribution in [0.15, 0.2) is 29.8 Å². The van der Waals surface area contributed by atoms with Gasteiger partial charge in [0.05, 0.1) is 11.3 Å². The summed E-state index contributed by atoms with van der Waals surface area (Å²) in [4.78, 5) is 28.1. The zero-order valence-corrected chi connectivity index (χ0v) is 11.8. The fraction of sp³-hybridized carbons (Fsp3) is 0.312. The zero-order valence-electron chi connectivity index (χ0n) is 11.8. The Morgan fingerprint density at radius 3 is 2.57 bits per heavy atom. The quantitative estimate of drug-likeness (QED) is 0.579. The number of rotatable bonds is 1. The molecule has 1 aromatic rings. The molecule has 0 unspecified atom stereocenters. The van der Waals surface area contributed by atoms with E-state index in [-0.39, 0.29) is 23.0 Å². The molecule has 21 heavy (non-hydrogen) atoms. The Labute approximate surface area is 123 Å². The molecular formula is C16H15N3O2. The molecule has 5 heteroatoms. The number of likely N-dealkylation sites (N-methyl/N-ethyl adjacent to an activating group) is 1. The van der Waals surface area contributed by atoms with Gasteiger partial charge in [-0.25, -0.2) is 0 Å². The van der Waals surface area contributed by atoms with E-state index < -0.39 is 0 Å². The van der Waals surface area contributed by atoms with Crippen LogP contribution in [-0.4, -0.2) is 36.9 Å². The van der Waals surface area contributed by atoms with Crippen LogP contribution in [0.25, 0.3) is 5.57 Å². The molecule has 0 N–H and O–H groups in total. The molecule has 3 rings (SSSR count). The van der Waals surface area contributed by atoms with Gasteiger partial charge in [-0.2, -0.15) is 5.26 Å². The molecule has 0 bridgehead atoms. The Bertz CT molecular complexity index is 694. The molecule has 1 saturated heterocycles. The SMILES string of the molecule is CN1C(=O)/C(=C(/C#N)C(=O)N2CCCC2)c2ccccc21. The third-order valence-corrected chi connectivity index (χ3v) is 4.02. The van der Waals surface area contributed by atoms with Crippen LogP contribution in [0.2, 0.25) is 0 Å². The molecule has 5 nitrogen and oxygen atoms in total. The van der Waals surface area contributed by atoms with Gasteiger partial charge in [-0.1, -0.05) is 18.2 Å². The summed E-state index contributed by atoms with van der Waals surface area (Å²) in [5.74, 6) is -0.622. The van der Waals surface area contributed by atoms with Gasteiger partial charge in [0.2, 0.25) is 0 Å². The lowest BCUT2D eigenvalue weighted by molar-refractivity contribution is -0.125. The molecule has 1 aromatic carbocycles. The highest BCUT2D eigenvalue weighted by Crippen LogP contribution is 2.37. The number of carbonyl (C=O) groups is 2. The van der Waals surface area contributed by atoms with Gasteiger partial charge >= 0.3 is 0 Å². The summed E-state index contributed by atoms with van der Waals surface area (Å²) in [5.41, 5.74) is 1.58. The second-order valence-corrected chi connectivity index (χ2v) is 5.24. The van der Waals surface area contributed by atoms with Crippen molar-refractivity contribution in [1.82, 2.24) is 4.90 Å². The van der Waals surface area contributed by atoms with Crippen LogP contribution in [-0.2, 0) is 9.59 Å². The van der Waals surface area contributed by atoms with Gasteiger partial charge in [0.25, 0.3) is 11.8 Å². The lowest BCUT2D eigenvalue weighted by Gasteiger charge is -2.15. The van der Waals surface area contributed by atoms with E-state index in [0.717, 1.165) is 18.5 Å². The molecule has 0 radical (unpaired) electrons. The molecule has 0 saturated carbocycles. The Balaban J connectivity index is 2.13. The second kappa shape index (κ2) is 5.06. The largest absolute Gasteiger partial charge is 0.338 e. The summed E-state index contributed by atoms with van der Waals surface area (Å²) in [6, 6.07) is 9.19. The average molecular weight is 281 g/mol. The molecular weight excluding hydrogens is 266 g/mol. The fourth-order valence-corrected chi connectivity index (χ4v) is 2.90. The summed E-state index contributed by atoms with van der Waals surface area (Å²) in [7, 11) is 1.66. The summed E-state index contributed by atoms with van der Waals surface area (Å²) in [5, 5.41) is 9.42. The van der Waals surface area contributed by atoms with Crippen LogP contribution >= 0.6 is 0 Å². The lowest BCUT2D eigenvalue weighted by atomic mass is 10.0. The van der Waals surface area contributed by atoms with E-state index in [2.05, 4.69) is 0 Å². The van der Waals surface area contributed by atoms with Crippen molar-refractivity contribution in [2.45, 2.75) is 12.8 Å². The minimum absolute atomic E-state index is 0.0429. The number of carbonyl (C=O) groups excluding carboxylic acids is 2. The number of nitrogens with zero attached hydrogens (tertiary/aromatic N) is 3. The molecule has 106 valence electrons. The van der Waals surface area contributed by atoms with Crippen LogP contribution < -0.4 is 4.90 Å². The molecule has 0 aliphatic carbocycles. The molecule has 2 amide bonds. The first kappa shape index (κ1) is 13.4. The van der Waals surface area contributed by atoms with E-state index in [4.69, 9.17) is 0 Å². The third-order valence-electron chi connectivity index (χ3n) is 4.02. The Morgan fingerprint density at radius 2 is 1.90 bits per heavy atom. The number of likely N-dealkylation sites (tertiary alicyclic amines) is 1. The van der Waals surface area contributed by atoms with Gasteiger partial charge in [0, 0.05) is 25.7 Å². The number of nitriles is 1. The Morgan fingerprint density at radius 1 is 1.24 bits per heavy atom. The summed E-state index contributed by atoms with van der Waals surface area (Å²) < 4.78 is 0. The fourth-order valence-electron chi connectivity index (χ4n) is 2.90. The van der Waals surface area contributed by atoms with E-state index in [1.807, 2.05) is 18.2 Å². The molecule has 0 atom stereocenters. The highest BCUT2D eigenvalue weighted by molar-refractivity contribution is 6.36. The average Bonchev–Trinajstić information content (AvgIpc) is 3.11. The zero-order chi connectivity index (χ0) is 15.0. The smallest absolute Gasteiger partial charge is 0.265 e. The van der Waals surface area contributed by atoms with Crippen molar-refractivity contribution in [3.63, 3.8) is 0 Å². The van der Waals surface area contributed by atoms with E-state index in [0.29, 0.717) is 18.7 Å². The second-order valence-electron chi connectivity index (χ2n) is 5.24. The first-order chi connectivity index (χ1) is 10.1. The summed E-state index contributed by atoms with van der Waals surface area (Å²) in [6.07, 6.45) is 1.90. The van der Waals surface area contributed by atoms with Gasteiger partial charge in [0.15, 0.2) is 0 Å². The number of benzene rings is 1. The normalized spacial score (nSPS) is 19.5. The highest BCUT2D eigenvalue weighted by Gasteiger charge is 2.35. The first-order valence-corrected chi connectivity index (χ1v) is 6.96. The van der Waals surface area contributed by atoms with Crippen molar-refractivity contribution < 1.29 is 9.59 Å². The number of amides is 2. The number of hydrogen-bond acceptors (Lipinski definition) is 3. The third kappa shape index (κ3) is 2.00. The summed E-state index contributed by atoms with van der Waals surface area (Å²) in [6.45, 7) is 1.31. The van der Waals surface area contributed by atoms with Crippen molar-refractivity contribution in [2.75, 3.05) is 25.0 Å². The molecule has 2 aliphatic rings. The molecule has 2 heterocycles. The van der Waals surface area contributed by atoms with E-state index in [9.17, 15) is 14.9 Å². The van der Waals surface area contributed by atoms with Crippen molar-refractivity contribution >= 4 is 23.1 Å². The van der Waals surface area contributed by atoms with Crippen LogP contribution in [0.1, 0.15) is 18.4 Å². The number of anilines is 1. The van der Waals surface area contributed by atoms with E-state index >= 15 is 0 Å². The highest BCUT2D eigenvalue weighted by atomic mass is 16.2. The molecule has 2 aliphatic heterocycles. The standard InChI is InChI=1S/C16H15N3O2/c1-18-13-7-3-2-6-11(13)14(16(18)21)12(10-17)15(20)19-8-4-5-9-19/h2-3,6-7H,4-5,8-9H2,1H3/b14-12-. The molecule has 0 aromatic heterocycles. The van der Waals surface area contributed by atoms with Crippen LogP contribution in [0.3, 0.4) is 0 Å².